The van der Waals surface area contributed by atoms with Crippen molar-refractivity contribution in [2.45, 2.75) is 20.0 Å². The van der Waals surface area contributed by atoms with Crippen LogP contribution in [-0.2, 0) is 4.74 Å². The maximum absolute atomic E-state index is 12.5. The van der Waals surface area contributed by atoms with Crippen molar-refractivity contribution >= 4 is 11.8 Å². The number of ether oxygens (including phenoxy) is 2. The van der Waals surface area contributed by atoms with Gasteiger partial charge in [-0.25, -0.2) is 4.79 Å². The Morgan fingerprint density at radius 2 is 1.78 bits per heavy atom. The minimum Gasteiger partial charge on any atom is -0.494 e. The normalized spacial score (nSPS) is 11.6. The molecule has 1 unspecified atom stereocenters. The zero-order valence-electron chi connectivity index (χ0n) is 15.1. The fourth-order valence-electron chi connectivity index (χ4n) is 2.58. The van der Waals surface area contributed by atoms with E-state index in [0.29, 0.717) is 23.6 Å². The molecule has 1 heterocycles. The van der Waals surface area contributed by atoms with E-state index in [9.17, 15) is 9.59 Å². The lowest BCUT2D eigenvalue weighted by atomic mass is 10.1. The molecule has 0 saturated carbocycles. The lowest BCUT2D eigenvalue weighted by Gasteiger charge is -2.12. The molecule has 138 valence electrons. The van der Waals surface area contributed by atoms with E-state index >= 15 is 0 Å². The second-order valence-electron chi connectivity index (χ2n) is 5.90. The minimum absolute atomic E-state index is 0.195. The van der Waals surface area contributed by atoms with Gasteiger partial charge in [-0.2, -0.15) is 5.10 Å². The number of aromatic amines is 1. The number of nitrogens with one attached hydrogen (secondary N) is 1. The maximum Gasteiger partial charge on any atom is 0.357 e. The molecule has 0 amide bonds. The van der Waals surface area contributed by atoms with Crippen LogP contribution in [0, 0.1) is 0 Å². The molecule has 0 aliphatic rings. The van der Waals surface area contributed by atoms with Gasteiger partial charge in [0.1, 0.15) is 11.4 Å². The lowest BCUT2D eigenvalue weighted by molar-refractivity contribution is 0.0313. The second-order valence-corrected chi connectivity index (χ2v) is 5.90. The Bertz CT molecular complexity index is 917. The summed E-state index contributed by atoms with van der Waals surface area (Å²) in [5.74, 6) is -0.227. The van der Waals surface area contributed by atoms with Gasteiger partial charge in [-0.3, -0.25) is 9.89 Å². The van der Waals surface area contributed by atoms with Gasteiger partial charge in [0, 0.05) is 11.1 Å². The number of hydrogen-bond acceptors (Lipinski definition) is 5. The molecule has 0 saturated heterocycles. The summed E-state index contributed by atoms with van der Waals surface area (Å²) in [7, 11) is 0. The SMILES string of the molecule is CCOc1ccc(C(=O)C(C)OC(=O)c2cc(-c3ccccc3)n[nH]2)cc1. The van der Waals surface area contributed by atoms with E-state index in [2.05, 4.69) is 10.2 Å². The van der Waals surface area contributed by atoms with Crippen molar-refractivity contribution in [1.82, 2.24) is 10.2 Å². The average Bonchev–Trinajstić information content (AvgIpc) is 3.19. The fourth-order valence-corrected chi connectivity index (χ4v) is 2.58. The summed E-state index contributed by atoms with van der Waals surface area (Å²) in [5.41, 5.74) is 2.16. The largest absolute Gasteiger partial charge is 0.494 e. The first-order valence-corrected chi connectivity index (χ1v) is 8.67. The third kappa shape index (κ3) is 4.41. The van der Waals surface area contributed by atoms with Gasteiger partial charge < -0.3 is 9.47 Å². The van der Waals surface area contributed by atoms with Crippen molar-refractivity contribution in [2.75, 3.05) is 6.61 Å². The number of benzene rings is 2. The number of carbonyl (C=O) groups is 2. The summed E-state index contributed by atoms with van der Waals surface area (Å²) in [5, 5.41) is 6.78. The van der Waals surface area contributed by atoms with Gasteiger partial charge in [0.15, 0.2) is 6.10 Å². The summed E-state index contributed by atoms with van der Waals surface area (Å²) < 4.78 is 10.6. The monoisotopic (exact) mass is 364 g/mol. The van der Waals surface area contributed by atoms with Gasteiger partial charge in [0.25, 0.3) is 0 Å². The summed E-state index contributed by atoms with van der Waals surface area (Å²) >= 11 is 0. The number of esters is 1. The molecule has 2 aromatic carbocycles. The summed E-state index contributed by atoms with van der Waals surface area (Å²) in [6.45, 7) is 3.99. The highest BCUT2D eigenvalue weighted by Crippen LogP contribution is 2.18. The Hall–Kier alpha value is -3.41. The van der Waals surface area contributed by atoms with E-state index in [1.807, 2.05) is 37.3 Å². The first kappa shape index (κ1) is 18.4. The van der Waals surface area contributed by atoms with Crippen LogP contribution in [0.15, 0.2) is 60.7 Å². The van der Waals surface area contributed by atoms with E-state index < -0.39 is 12.1 Å². The van der Waals surface area contributed by atoms with Gasteiger partial charge in [0.2, 0.25) is 5.78 Å². The highest BCUT2D eigenvalue weighted by molar-refractivity contribution is 6.01. The Morgan fingerprint density at radius 3 is 2.44 bits per heavy atom. The quantitative estimate of drug-likeness (QED) is 0.508. The number of aromatic nitrogens is 2. The topological polar surface area (TPSA) is 81.3 Å². The highest BCUT2D eigenvalue weighted by Gasteiger charge is 2.22. The molecule has 3 rings (SSSR count). The summed E-state index contributed by atoms with van der Waals surface area (Å²) in [4.78, 5) is 24.8. The molecular weight excluding hydrogens is 344 g/mol. The average molecular weight is 364 g/mol. The van der Waals surface area contributed by atoms with Crippen LogP contribution in [-0.4, -0.2) is 34.7 Å². The Morgan fingerprint density at radius 1 is 1.07 bits per heavy atom. The minimum atomic E-state index is -0.918. The fraction of sp³-hybridized carbons (Fsp3) is 0.190. The molecule has 0 radical (unpaired) electrons. The molecular formula is C21H20N2O4. The molecule has 0 aliphatic heterocycles. The van der Waals surface area contributed by atoms with Gasteiger partial charge >= 0.3 is 5.97 Å². The van der Waals surface area contributed by atoms with Crippen LogP contribution in [0.4, 0.5) is 0 Å². The molecule has 0 spiro atoms. The first-order valence-electron chi connectivity index (χ1n) is 8.67. The highest BCUT2D eigenvalue weighted by atomic mass is 16.5. The summed E-state index contributed by atoms with van der Waals surface area (Å²) in [6.07, 6.45) is -0.918. The molecule has 6 nitrogen and oxygen atoms in total. The molecule has 1 N–H and O–H groups in total. The van der Waals surface area contributed by atoms with Crippen LogP contribution >= 0.6 is 0 Å². The van der Waals surface area contributed by atoms with Gasteiger partial charge in [-0.05, 0) is 44.2 Å². The molecule has 1 aromatic heterocycles. The molecule has 0 aliphatic carbocycles. The van der Waals surface area contributed by atoms with Crippen molar-refractivity contribution in [2.24, 2.45) is 0 Å². The van der Waals surface area contributed by atoms with Gasteiger partial charge in [0.05, 0.1) is 12.3 Å². The standard InChI is InChI=1S/C21H20N2O4/c1-3-26-17-11-9-16(10-12-17)20(24)14(2)27-21(25)19-13-18(22-23-19)15-7-5-4-6-8-15/h4-14H,3H2,1-2H3,(H,22,23). The lowest BCUT2D eigenvalue weighted by Crippen LogP contribution is -2.24. The van der Waals surface area contributed by atoms with Crippen molar-refractivity contribution in [3.63, 3.8) is 0 Å². The van der Waals surface area contributed by atoms with E-state index in [1.165, 1.54) is 0 Å². The Balaban J connectivity index is 1.65. The van der Waals surface area contributed by atoms with Gasteiger partial charge in [-0.1, -0.05) is 30.3 Å². The van der Waals surface area contributed by atoms with Gasteiger partial charge in [-0.15, -0.1) is 0 Å². The molecule has 0 bridgehead atoms. The predicted octanol–water partition coefficient (Wildman–Crippen LogP) is 3.90. The number of ketones is 1. The maximum atomic E-state index is 12.5. The zero-order valence-corrected chi connectivity index (χ0v) is 15.1. The first-order chi connectivity index (χ1) is 13.1. The van der Waals surface area contributed by atoms with E-state index in [4.69, 9.17) is 9.47 Å². The van der Waals surface area contributed by atoms with Crippen LogP contribution in [0.5, 0.6) is 5.75 Å². The van der Waals surface area contributed by atoms with Crippen molar-refractivity contribution in [3.8, 4) is 17.0 Å². The third-order valence-corrected chi connectivity index (χ3v) is 3.97. The number of H-pyrrole nitrogens is 1. The molecule has 3 aromatic rings. The zero-order chi connectivity index (χ0) is 19.2. The smallest absolute Gasteiger partial charge is 0.357 e. The van der Waals surface area contributed by atoms with Crippen LogP contribution < -0.4 is 4.74 Å². The Labute approximate surface area is 157 Å². The van der Waals surface area contributed by atoms with Crippen LogP contribution in [0.3, 0.4) is 0 Å². The number of carbonyl (C=O) groups excluding carboxylic acids is 2. The van der Waals surface area contributed by atoms with Crippen LogP contribution in [0.2, 0.25) is 0 Å². The Kier molecular flexibility index (Phi) is 5.66. The molecule has 0 fully saturated rings. The number of Topliss-reactive ketones (excluding diaryl/α,β-unsaturated/α-hetero) is 1. The molecule has 6 heteroatoms. The van der Waals surface area contributed by atoms with Crippen molar-refractivity contribution < 1.29 is 19.1 Å². The molecule has 27 heavy (non-hydrogen) atoms. The van der Waals surface area contributed by atoms with E-state index in [0.717, 1.165) is 5.56 Å². The molecule has 1 atom stereocenters. The number of rotatable bonds is 7. The van der Waals surface area contributed by atoms with Crippen LogP contribution in [0.1, 0.15) is 34.7 Å². The predicted molar refractivity (Wildman–Crippen MR) is 101 cm³/mol. The van der Waals surface area contributed by atoms with Crippen molar-refractivity contribution in [1.29, 1.82) is 0 Å². The van der Waals surface area contributed by atoms with Crippen molar-refractivity contribution in [3.05, 3.63) is 71.9 Å². The second kappa shape index (κ2) is 8.31. The van der Waals surface area contributed by atoms with E-state index in [1.54, 1.807) is 37.3 Å². The van der Waals surface area contributed by atoms with E-state index in [-0.39, 0.29) is 11.5 Å². The number of nitrogens with zero attached hydrogens (tertiary/aromatic N) is 1. The number of hydrogen-bond donors (Lipinski definition) is 1. The third-order valence-electron chi connectivity index (χ3n) is 3.97. The van der Waals surface area contributed by atoms with Crippen LogP contribution in [0.25, 0.3) is 11.3 Å². The summed E-state index contributed by atoms with van der Waals surface area (Å²) in [6, 6.07) is 17.8.